The summed E-state index contributed by atoms with van der Waals surface area (Å²) in [6.07, 6.45) is 54.2. The molecule has 0 aromatic carbocycles. The van der Waals surface area contributed by atoms with Gasteiger partial charge in [-0.25, -0.2) is 0 Å². The van der Waals surface area contributed by atoms with Gasteiger partial charge in [-0.3, -0.25) is 9.36 Å². The lowest BCUT2D eigenvalue weighted by molar-refractivity contribution is -0.870. The highest BCUT2D eigenvalue weighted by Gasteiger charge is 2.20. The van der Waals surface area contributed by atoms with Gasteiger partial charge in [0.2, 0.25) is 0 Å². The van der Waals surface area contributed by atoms with Gasteiger partial charge in [-0.05, 0) is 89.9 Å². The van der Waals surface area contributed by atoms with Crippen molar-refractivity contribution < 1.29 is 37.3 Å². The number of hydrogen-bond acceptors (Lipinski definition) is 7. The van der Waals surface area contributed by atoms with Crippen molar-refractivity contribution in [1.29, 1.82) is 0 Å². The maximum atomic E-state index is 12.7. The lowest BCUT2D eigenvalue weighted by atomic mass is 10.1. The second-order valence-corrected chi connectivity index (χ2v) is 16.7. The zero-order chi connectivity index (χ0) is 42.0. The van der Waals surface area contributed by atoms with Crippen LogP contribution in [0, 0.1) is 0 Å². The second-order valence-electron chi connectivity index (χ2n) is 15.3. The first-order chi connectivity index (χ1) is 27.6. The van der Waals surface area contributed by atoms with Crippen molar-refractivity contribution >= 4 is 13.8 Å². The first kappa shape index (κ1) is 54.4. The molecule has 0 aliphatic carbocycles. The van der Waals surface area contributed by atoms with Crippen molar-refractivity contribution in [2.45, 2.75) is 148 Å². The highest BCUT2D eigenvalue weighted by molar-refractivity contribution is 7.45. The van der Waals surface area contributed by atoms with E-state index in [0.29, 0.717) is 24.1 Å². The minimum Gasteiger partial charge on any atom is -0.756 e. The SMILES string of the molecule is CC/C=C\C/C=C\C/C=C\C/C=C\C/C=C\CCCCCC(=O)OC(COCCCCCCCC/C=C\C/C=C\C/C=C\CC)COP(=O)([O-])OCC[N+](C)(C)C. The quantitative estimate of drug-likeness (QED) is 0.0200. The molecule has 0 saturated heterocycles. The summed E-state index contributed by atoms with van der Waals surface area (Å²) in [4.78, 5) is 25.1. The molecule has 0 radical (unpaired) electrons. The summed E-state index contributed by atoms with van der Waals surface area (Å²) in [5.41, 5.74) is 0. The molecule has 0 amide bonds. The highest BCUT2D eigenvalue weighted by Crippen LogP contribution is 2.38. The molecule has 0 aliphatic rings. The minimum absolute atomic E-state index is 0.0105. The van der Waals surface area contributed by atoms with Gasteiger partial charge in [-0.1, -0.05) is 143 Å². The molecule has 0 fully saturated rings. The van der Waals surface area contributed by atoms with Crippen LogP contribution in [0.15, 0.2) is 97.2 Å². The molecule has 2 unspecified atom stereocenters. The van der Waals surface area contributed by atoms with Crippen LogP contribution >= 0.6 is 7.82 Å². The summed E-state index contributed by atoms with van der Waals surface area (Å²) < 4.78 is 34.5. The zero-order valence-electron chi connectivity index (χ0n) is 36.7. The molecule has 0 aromatic heterocycles. The van der Waals surface area contributed by atoms with E-state index in [2.05, 4.69) is 111 Å². The van der Waals surface area contributed by atoms with Crippen LogP contribution in [0.4, 0.5) is 0 Å². The largest absolute Gasteiger partial charge is 0.756 e. The van der Waals surface area contributed by atoms with Gasteiger partial charge in [0.15, 0.2) is 0 Å². The standard InChI is InChI=1S/C48H82NO7P/c1-6-8-10-12-14-16-18-20-22-24-25-26-27-29-31-33-35-37-39-41-48(50)56-47(46-55-57(51,52)54-44-42-49(3,4)5)45-53-43-40-38-36-34-32-30-28-23-21-19-17-15-13-11-9-7-2/h8-11,14-17,20-23,25-26,29,31,47H,6-7,12-13,18-19,24,27-28,30,32-46H2,1-5H3/b10-8-,11-9-,16-14-,17-15-,22-20-,23-21-,26-25-,31-29-. The lowest BCUT2D eigenvalue weighted by Gasteiger charge is -2.28. The molecule has 0 rings (SSSR count). The van der Waals surface area contributed by atoms with Crippen molar-refractivity contribution in [3.05, 3.63) is 97.2 Å². The molecule has 57 heavy (non-hydrogen) atoms. The Morgan fingerprint density at radius 3 is 1.44 bits per heavy atom. The van der Waals surface area contributed by atoms with Gasteiger partial charge in [0, 0.05) is 13.0 Å². The van der Waals surface area contributed by atoms with E-state index in [0.717, 1.165) is 96.3 Å². The fourth-order valence-corrected chi connectivity index (χ4v) is 6.02. The number of esters is 1. The molecule has 0 heterocycles. The molecular formula is C48H82NO7P. The topological polar surface area (TPSA) is 94.1 Å². The smallest absolute Gasteiger partial charge is 0.306 e. The molecule has 9 heteroatoms. The van der Waals surface area contributed by atoms with Crippen molar-refractivity contribution in [1.82, 2.24) is 0 Å². The summed E-state index contributed by atoms with van der Waals surface area (Å²) >= 11 is 0. The first-order valence-electron chi connectivity index (χ1n) is 22.0. The van der Waals surface area contributed by atoms with Crippen LogP contribution in [0.2, 0.25) is 0 Å². The van der Waals surface area contributed by atoms with Gasteiger partial charge in [0.05, 0.1) is 34.4 Å². The van der Waals surface area contributed by atoms with Gasteiger partial charge in [-0.15, -0.1) is 0 Å². The van der Waals surface area contributed by atoms with Crippen LogP contribution in [0.5, 0.6) is 0 Å². The minimum atomic E-state index is -4.55. The Morgan fingerprint density at radius 2 is 0.965 bits per heavy atom. The Kier molecular flexibility index (Phi) is 38.4. The Morgan fingerprint density at radius 1 is 0.544 bits per heavy atom. The number of phosphoric acid groups is 1. The predicted octanol–water partition coefficient (Wildman–Crippen LogP) is 12.4. The average Bonchev–Trinajstić information content (AvgIpc) is 3.16. The van der Waals surface area contributed by atoms with E-state index >= 15 is 0 Å². The van der Waals surface area contributed by atoms with Crippen LogP contribution < -0.4 is 4.89 Å². The summed E-state index contributed by atoms with van der Waals surface area (Å²) in [6.45, 7) is 5.07. The van der Waals surface area contributed by atoms with Crippen molar-refractivity contribution in [3.63, 3.8) is 0 Å². The number of ether oxygens (including phenoxy) is 2. The summed E-state index contributed by atoms with van der Waals surface area (Å²) in [7, 11) is 1.30. The Balaban J connectivity index is 4.36. The zero-order valence-corrected chi connectivity index (χ0v) is 37.6. The summed E-state index contributed by atoms with van der Waals surface area (Å²) in [5, 5.41) is 0. The molecule has 0 spiro atoms. The molecule has 0 aromatic rings. The van der Waals surface area contributed by atoms with Crippen molar-refractivity contribution in [2.24, 2.45) is 0 Å². The van der Waals surface area contributed by atoms with Crippen LogP contribution in [0.3, 0.4) is 0 Å². The van der Waals surface area contributed by atoms with Gasteiger partial charge in [0.1, 0.15) is 19.3 Å². The summed E-state index contributed by atoms with van der Waals surface area (Å²) in [5.74, 6) is -0.375. The summed E-state index contributed by atoms with van der Waals surface area (Å²) in [6, 6.07) is 0. The number of quaternary nitrogens is 1. The van der Waals surface area contributed by atoms with E-state index < -0.39 is 13.9 Å². The fourth-order valence-electron chi connectivity index (χ4n) is 5.29. The van der Waals surface area contributed by atoms with Crippen LogP contribution in [0.25, 0.3) is 0 Å². The molecule has 0 saturated carbocycles. The molecule has 0 aliphatic heterocycles. The van der Waals surface area contributed by atoms with Crippen LogP contribution in [0.1, 0.15) is 142 Å². The van der Waals surface area contributed by atoms with Gasteiger partial charge in [0.25, 0.3) is 7.82 Å². The molecule has 0 N–H and O–H groups in total. The van der Waals surface area contributed by atoms with E-state index in [-0.39, 0.29) is 32.2 Å². The predicted molar refractivity (Wildman–Crippen MR) is 240 cm³/mol. The third-order valence-electron chi connectivity index (χ3n) is 8.63. The van der Waals surface area contributed by atoms with Crippen LogP contribution in [-0.4, -0.2) is 70.7 Å². The van der Waals surface area contributed by atoms with Gasteiger partial charge in [-0.2, -0.15) is 0 Å². The first-order valence-corrected chi connectivity index (χ1v) is 23.4. The van der Waals surface area contributed by atoms with E-state index in [1.54, 1.807) is 0 Å². The molecule has 326 valence electrons. The van der Waals surface area contributed by atoms with Crippen molar-refractivity contribution in [3.8, 4) is 0 Å². The number of nitrogens with zero attached hydrogens (tertiary/aromatic N) is 1. The normalized spacial score (nSPS) is 14.7. The van der Waals surface area contributed by atoms with Gasteiger partial charge >= 0.3 is 5.97 Å². The Hall–Kier alpha value is -2.58. The van der Waals surface area contributed by atoms with Crippen LogP contribution in [-0.2, 0) is 27.9 Å². The maximum absolute atomic E-state index is 12.7. The lowest BCUT2D eigenvalue weighted by Crippen LogP contribution is -2.37. The molecular weight excluding hydrogens is 734 g/mol. The van der Waals surface area contributed by atoms with Gasteiger partial charge < -0.3 is 27.9 Å². The van der Waals surface area contributed by atoms with E-state index in [1.165, 1.54) is 19.3 Å². The second kappa shape index (κ2) is 40.2. The molecule has 8 nitrogen and oxygen atoms in total. The number of allylic oxidation sites excluding steroid dienone is 16. The van der Waals surface area contributed by atoms with E-state index in [4.69, 9.17) is 18.5 Å². The number of rotatable bonds is 39. The monoisotopic (exact) mass is 816 g/mol. The number of carbonyl (C=O) groups is 1. The van der Waals surface area contributed by atoms with E-state index in [9.17, 15) is 14.3 Å². The molecule has 2 atom stereocenters. The Bertz CT molecular complexity index is 1230. The number of unbranched alkanes of at least 4 members (excludes halogenated alkanes) is 9. The number of hydrogen-bond donors (Lipinski definition) is 0. The number of carbonyl (C=O) groups excluding carboxylic acids is 1. The molecule has 0 bridgehead atoms. The number of phosphoric ester groups is 1. The number of likely N-dealkylation sites (N-methyl/N-ethyl adjacent to an activating group) is 1. The maximum Gasteiger partial charge on any atom is 0.306 e. The fraction of sp³-hybridized carbons (Fsp3) is 0.646. The van der Waals surface area contributed by atoms with E-state index in [1.807, 2.05) is 21.1 Å². The average molecular weight is 816 g/mol. The third-order valence-corrected chi connectivity index (χ3v) is 9.59. The van der Waals surface area contributed by atoms with Crippen molar-refractivity contribution in [2.75, 3.05) is 54.1 Å². The Labute approximate surface area is 349 Å². The third kappa shape index (κ3) is 44.4. The highest BCUT2D eigenvalue weighted by atomic mass is 31.2.